The number of carbonyl (C=O) groups excluding carboxylic acids is 1. The van der Waals surface area contributed by atoms with E-state index in [4.69, 9.17) is 4.74 Å². The Hall–Kier alpha value is -1.46. The maximum atomic E-state index is 13.9. The molecule has 1 aromatic rings. The zero-order chi connectivity index (χ0) is 20.6. The number of amides is 1. The molecular weight excluding hydrogens is 502 g/mol. The first-order chi connectivity index (χ1) is 14.1. The van der Waals surface area contributed by atoms with Crippen LogP contribution in [-0.2, 0) is 9.53 Å². The first kappa shape index (κ1) is 24.8. The van der Waals surface area contributed by atoms with Crippen LogP contribution < -0.4 is 5.32 Å². The fourth-order valence-corrected chi connectivity index (χ4v) is 3.82. The normalized spacial score (nSPS) is 19.2. The van der Waals surface area contributed by atoms with Crippen molar-refractivity contribution in [1.29, 1.82) is 0 Å². The number of guanidine groups is 1. The molecule has 30 heavy (non-hydrogen) atoms. The Kier molecular flexibility index (Phi) is 10.3. The number of carbonyl (C=O) groups is 1. The second-order valence-corrected chi connectivity index (χ2v) is 7.43. The van der Waals surface area contributed by atoms with Crippen LogP contribution in [0.3, 0.4) is 0 Å². The van der Waals surface area contributed by atoms with Crippen LogP contribution in [0.4, 0.5) is 4.39 Å². The number of morpholine rings is 1. The van der Waals surface area contributed by atoms with E-state index in [0.29, 0.717) is 38.8 Å². The average molecular weight is 534 g/mol. The molecule has 9 heteroatoms. The summed E-state index contributed by atoms with van der Waals surface area (Å²) in [6.45, 7) is 6.80. The van der Waals surface area contributed by atoms with Crippen LogP contribution >= 0.6 is 24.0 Å². The predicted molar refractivity (Wildman–Crippen MR) is 124 cm³/mol. The summed E-state index contributed by atoms with van der Waals surface area (Å²) >= 11 is 0. The van der Waals surface area contributed by atoms with Gasteiger partial charge in [0.15, 0.2) is 5.96 Å². The molecule has 0 aromatic heterocycles. The molecule has 1 atom stereocenters. The van der Waals surface area contributed by atoms with Gasteiger partial charge in [0, 0.05) is 44.2 Å². The number of ether oxygens (including phenoxy) is 1. The Morgan fingerprint density at radius 3 is 2.53 bits per heavy atom. The summed E-state index contributed by atoms with van der Waals surface area (Å²) in [5.74, 6) is 0.531. The highest BCUT2D eigenvalue weighted by molar-refractivity contribution is 14.0. The van der Waals surface area contributed by atoms with E-state index >= 15 is 0 Å². The Morgan fingerprint density at radius 2 is 1.90 bits per heavy atom. The van der Waals surface area contributed by atoms with Gasteiger partial charge in [-0.15, -0.1) is 24.0 Å². The SMILES string of the molecule is CCNC(=NCC(O)c1ccccc1F)N1CCC(C(=O)N2CCOCC2)CC1.I. The molecule has 2 fully saturated rings. The molecule has 2 heterocycles. The molecule has 0 aliphatic carbocycles. The van der Waals surface area contributed by atoms with Gasteiger partial charge in [-0.2, -0.15) is 0 Å². The number of halogens is 2. The number of likely N-dealkylation sites (tertiary alicyclic amines) is 1. The molecular formula is C21H32FIN4O3. The second-order valence-electron chi connectivity index (χ2n) is 7.43. The van der Waals surface area contributed by atoms with Crippen molar-refractivity contribution in [1.82, 2.24) is 15.1 Å². The van der Waals surface area contributed by atoms with Gasteiger partial charge in [0.25, 0.3) is 0 Å². The highest BCUT2D eigenvalue weighted by Gasteiger charge is 2.30. The third kappa shape index (κ3) is 6.52. The highest BCUT2D eigenvalue weighted by Crippen LogP contribution is 2.21. The molecule has 0 bridgehead atoms. The van der Waals surface area contributed by atoms with Gasteiger partial charge < -0.3 is 25.0 Å². The van der Waals surface area contributed by atoms with Gasteiger partial charge in [0.05, 0.1) is 19.8 Å². The van der Waals surface area contributed by atoms with Crippen molar-refractivity contribution in [2.75, 3.05) is 52.5 Å². The summed E-state index contributed by atoms with van der Waals surface area (Å²) in [5.41, 5.74) is 0.252. The molecule has 0 spiro atoms. The highest BCUT2D eigenvalue weighted by atomic mass is 127. The van der Waals surface area contributed by atoms with Gasteiger partial charge in [-0.05, 0) is 25.8 Å². The average Bonchev–Trinajstić information content (AvgIpc) is 2.77. The number of piperidine rings is 1. The van der Waals surface area contributed by atoms with E-state index in [1.807, 2.05) is 11.8 Å². The Labute approximate surface area is 194 Å². The van der Waals surface area contributed by atoms with Crippen LogP contribution in [0.5, 0.6) is 0 Å². The molecule has 2 N–H and O–H groups in total. The number of rotatable bonds is 5. The first-order valence-electron chi connectivity index (χ1n) is 10.4. The van der Waals surface area contributed by atoms with Crippen LogP contribution in [-0.4, -0.2) is 79.3 Å². The Balaban J connectivity index is 0.00000320. The van der Waals surface area contributed by atoms with Crippen LogP contribution in [0.1, 0.15) is 31.4 Å². The lowest BCUT2D eigenvalue weighted by Crippen LogP contribution is -2.50. The summed E-state index contributed by atoms with van der Waals surface area (Å²) < 4.78 is 19.2. The lowest BCUT2D eigenvalue weighted by atomic mass is 9.95. The zero-order valence-corrected chi connectivity index (χ0v) is 19.8. The minimum absolute atomic E-state index is 0. The number of hydrogen-bond donors (Lipinski definition) is 2. The van der Waals surface area contributed by atoms with Gasteiger partial charge in [-0.1, -0.05) is 18.2 Å². The molecule has 1 aromatic carbocycles. The van der Waals surface area contributed by atoms with Crippen LogP contribution in [0.15, 0.2) is 29.3 Å². The maximum absolute atomic E-state index is 13.9. The maximum Gasteiger partial charge on any atom is 0.225 e. The van der Waals surface area contributed by atoms with E-state index in [9.17, 15) is 14.3 Å². The largest absolute Gasteiger partial charge is 0.386 e. The van der Waals surface area contributed by atoms with E-state index < -0.39 is 11.9 Å². The number of aliphatic hydroxyl groups is 1. The van der Waals surface area contributed by atoms with Crippen molar-refractivity contribution in [2.24, 2.45) is 10.9 Å². The fraction of sp³-hybridized carbons (Fsp3) is 0.619. The summed E-state index contributed by atoms with van der Waals surface area (Å²) in [5, 5.41) is 13.6. The predicted octanol–water partition coefficient (Wildman–Crippen LogP) is 2.01. The summed E-state index contributed by atoms with van der Waals surface area (Å²) in [6, 6.07) is 6.21. The van der Waals surface area contributed by atoms with Crippen molar-refractivity contribution in [2.45, 2.75) is 25.9 Å². The van der Waals surface area contributed by atoms with Crippen molar-refractivity contribution in [3.63, 3.8) is 0 Å². The van der Waals surface area contributed by atoms with Crippen molar-refractivity contribution < 1.29 is 19.0 Å². The quantitative estimate of drug-likeness (QED) is 0.344. The molecule has 2 aliphatic rings. The number of aliphatic hydroxyl groups excluding tert-OH is 1. The van der Waals surface area contributed by atoms with Crippen molar-refractivity contribution >= 4 is 35.8 Å². The van der Waals surface area contributed by atoms with Crippen LogP contribution in [0.2, 0.25) is 0 Å². The standard InChI is InChI=1S/C21H31FN4O3.HI/c1-2-23-21(24-15-19(27)17-5-3-4-6-18(17)22)26-9-7-16(8-10-26)20(28)25-11-13-29-14-12-25;/h3-6,16,19,27H,2,7-15H2,1H3,(H,23,24);1H. The van der Waals surface area contributed by atoms with E-state index in [0.717, 1.165) is 25.9 Å². The van der Waals surface area contributed by atoms with Crippen molar-refractivity contribution in [3.8, 4) is 0 Å². The molecule has 168 valence electrons. The van der Waals surface area contributed by atoms with Gasteiger partial charge in [-0.3, -0.25) is 9.79 Å². The Bertz CT molecular complexity index is 707. The Morgan fingerprint density at radius 1 is 1.23 bits per heavy atom. The fourth-order valence-electron chi connectivity index (χ4n) is 3.82. The van der Waals surface area contributed by atoms with E-state index in [1.54, 1.807) is 18.2 Å². The molecule has 2 aliphatic heterocycles. The lowest BCUT2D eigenvalue weighted by Gasteiger charge is -2.36. The summed E-state index contributed by atoms with van der Waals surface area (Å²) in [6.07, 6.45) is 0.553. The second kappa shape index (κ2) is 12.4. The monoisotopic (exact) mass is 534 g/mol. The van der Waals surface area contributed by atoms with Gasteiger partial charge in [0.2, 0.25) is 5.91 Å². The van der Waals surface area contributed by atoms with E-state index in [1.165, 1.54) is 6.07 Å². The third-order valence-electron chi connectivity index (χ3n) is 5.48. The molecule has 1 amide bonds. The first-order valence-corrected chi connectivity index (χ1v) is 10.4. The number of nitrogens with one attached hydrogen (secondary N) is 1. The molecule has 7 nitrogen and oxygen atoms in total. The molecule has 0 radical (unpaired) electrons. The topological polar surface area (TPSA) is 77.4 Å². The van der Waals surface area contributed by atoms with Gasteiger partial charge >= 0.3 is 0 Å². The minimum Gasteiger partial charge on any atom is -0.386 e. The van der Waals surface area contributed by atoms with Crippen LogP contribution in [0, 0.1) is 11.7 Å². The lowest BCUT2D eigenvalue weighted by molar-refractivity contribution is -0.140. The van der Waals surface area contributed by atoms with Gasteiger partial charge in [0.1, 0.15) is 11.9 Å². The molecule has 0 saturated carbocycles. The van der Waals surface area contributed by atoms with E-state index in [-0.39, 0.29) is 47.9 Å². The molecule has 1 unspecified atom stereocenters. The minimum atomic E-state index is -0.995. The van der Waals surface area contributed by atoms with Crippen molar-refractivity contribution in [3.05, 3.63) is 35.6 Å². The summed E-state index contributed by atoms with van der Waals surface area (Å²) in [7, 11) is 0. The van der Waals surface area contributed by atoms with Gasteiger partial charge in [-0.25, -0.2) is 4.39 Å². The summed E-state index contributed by atoms with van der Waals surface area (Å²) in [4.78, 5) is 21.2. The third-order valence-corrected chi connectivity index (χ3v) is 5.48. The molecule has 2 saturated heterocycles. The number of nitrogens with zero attached hydrogens (tertiary/aromatic N) is 3. The zero-order valence-electron chi connectivity index (χ0n) is 17.4. The number of benzene rings is 1. The smallest absolute Gasteiger partial charge is 0.225 e. The van der Waals surface area contributed by atoms with Crippen LogP contribution in [0.25, 0.3) is 0 Å². The number of aliphatic imine (C=N–C) groups is 1. The van der Waals surface area contributed by atoms with E-state index in [2.05, 4.69) is 15.2 Å². The number of hydrogen-bond acceptors (Lipinski definition) is 4. The molecule has 3 rings (SSSR count).